The van der Waals surface area contributed by atoms with Crippen molar-refractivity contribution in [1.29, 1.82) is 0 Å². The van der Waals surface area contributed by atoms with E-state index < -0.39 is 0 Å². The van der Waals surface area contributed by atoms with Gasteiger partial charge >= 0.3 is 0 Å². The maximum atomic E-state index is 5.59. The molecule has 0 atom stereocenters. The van der Waals surface area contributed by atoms with Gasteiger partial charge in [0.15, 0.2) is 6.61 Å². The average molecular weight is 305 g/mol. The minimum Gasteiger partial charge on any atom is -0.485 e. The van der Waals surface area contributed by atoms with Gasteiger partial charge < -0.3 is 9.26 Å². The topological polar surface area (TPSA) is 48.2 Å². The third-order valence-electron chi connectivity index (χ3n) is 2.55. The fourth-order valence-electron chi connectivity index (χ4n) is 1.69. The Bertz CT molecular complexity index is 668. The van der Waals surface area contributed by atoms with Gasteiger partial charge in [-0.25, -0.2) is 0 Å². The lowest BCUT2D eigenvalue weighted by Gasteiger charge is -2.05. The first-order valence-corrected chi connectivity index (χ1v) is 6.18. The largest absolute Gasteiger partial charge is 0.485 e. The minimum absolute atomic E-state index is 0.304. The van der Waals surface area contributed by atoms with Crippen molar-refractivity contribution < 1.29 is 9.26 Å². The van der Waals surface area contributed by atoms with Crippen molar-refractivity contribution in [1.82, 2.24) is 10.1 Å². The highest BCUT2D eigenvalue weighted by Gasteiger charge is 2.01. The first kappa shape index (κ1) is 11.2. The van der Waals surface area contributed by atoms with Crippen LogP contribution in [0.3, 0.4) is 0 Å². The molecule has 0 saturated heterocycles. The quantitative estimate of drug-likeness (QED) is 0.742. The van der Waals surface area contributed by atoms with Gasteiger partial charge in [-0.1, -0.05) is 33.2 Å². The standard InChI is InChI=1S/C13H9BrN2O2/c14-11-3-1-10-6-12(4-2-9(10)5-11)17-7-13-15-8-18-16-13/h1-6,8H,7H2. The lowest BCUT2D eigenvalue weighted by molar-refractivity contribution is 0.287. The van der Waals surface area contributed by atoms with Gasteiger partial charge in [-0.2, -0.15) is 4.98 Å². The number of benzene rings is 2. The third kappa shape index (κ3) is 2.36. The maximum Gasteiger partial charge on any atom is 0.213 e. The molecule has 0 saturated carbocycles. The van der Waals surface area contributed by atoms with Crippen LogP contribution in [0.25, 0.3) is 10.8 Å². The van der Waals surface area contributed by atoms with Crippen molar-refractivity contribution in [3.05, 3.63) is 53.1 Å². The second kappa shape index (κ2) is 4.78. The van der Waals surface area contributed by atoms with Crippen LogP contribution in [0.4, 0.5) is 0 Å². The Hall–Kier alpha value is -1.88. The summed E-state index contributed by atoms with van der Waals surface area (Å²) in [5.74, 6) is 1.32. The highest BCUT2D eigenvalue weighted by molar-refractivity contribution is 9.10. The van der Waals surface area contributed by atoms with Crippen molar-refractivity contribution in [3.63, 3.8) is 0 Å². The third-order valence-corrected chi connectivity index (χ3v) is 3.04. The van der Waals surface area contributed by atoms with Crippen molar-refractivity contribution in [3.8, 4) is 5.75 Å². The van der Waals surface area contributed by atoms with Crippen LogP contribution in [0.5, 0.6) is 5.75 Å². The Balaban J connectivity index is 1.82. The molecule has 1 aromatic heterocycles. The summed E-state index contributed by atoms with van der Waals surface area (Å²) in [5.41, 5.74) is 0. The van der Waals surface area contributed by atoms with Crippen LogP contribution in [-0.2, 0) is 6.61 Å². The zero-order valence-electron chi connectivity index (χ0n) is 9.34. The van der Waals surface area contributed by atoms with Crippen LogP contribution in [0.15, 0.2) is 51.8 Å². The van der Waals surface area contributed by atoms with Gasteiger partial charge in [-0.15, -0.1) is 0 Å². The minimum atomic E-state index is 0.304. The zero-order valence-corrected chi connectivity index (χ0v) is 10.9. The summed E-state index contributed by atoms with van der Waals surface area (Å²) in [6, 6.07) is 12.0. The first-order valence-electron chi connectivity index (χ1n) is 5.39. The van der Waals surface area contributed by atoms with Crippen LogP contribution < -0.4 is 4.74 Å². The van der Waals surface area contributed by atoms with E-state index in [0.29, 0.717) is 12.4 Å². The predicted octanol–water partition coefficient (Wildman–Crippen LogP) is 3.56. The molecule has 90 valence electrons. The van der Waals surface area contributed by atoms with Gasteiger partial charge in [0.1, 0.15) is 5.75 Å². The van der Waals surface area contributed by atoms with Gasteiger partial charge in [-0.3, -0.25) is 0 Å². The molecule has 4 nitrogen and oxygen atoms in total. The van der Waals surface area contributed by atoms with E-state index in [2.05, 4.69) is 36.7 Å². The fraction of sp³-hybridized carbons (Fsp3) is 0.0769. The van der Waals surface area contributed by atoms with Crippen molar-refractivity contribution >= 4 is 26.7 Å². The van der Waals surface area contributed by atoms with Gasteiger partial charge in [0, 0.05) is 4.47 Å². The zero-order chi connectivity index (χ0) is 12.4. The van der Waals surface area contributed by atoms with E-state index in [9.17, 15) is 0 Å². The maximum absolute atomic E-state index is 5.59. The van der Waals surface area contributed by atoms with E-state index in [1.54, 1.807) is 0 Å². The second-order valence-corrected chi connectivity index (χ2v) is 4.71. The van der Waals surface area contributed by atoms with Gasteiger partial charge in [0.25, 0.3) is 0 Å². The first-order chi connectivity index (χ1) is 8.81. The molecule has 0 aliphatic heterocycles. The van der Waals surface area contributed by atoms with E-state index in [4.69, 9.17) is 4.74 Å². The molecule has 3 rings (SSSR count). The molecule has 18 heavy (non-hydrogen) atoms. The van der Waals surface area contributed by atoms with E-state index in [-0.39, 0.29) is 0 Å². The molecule has 0 aliphatic carbocycles. The summed E-state index contributed by atoms with van der Waals surface area (Å²) in [6.07, 6.45) is 1.29. The summed E-state index contributed by atoms with van der Waals surface area (Å²) in [7, 11) is 0. The summed E-state index contributed by atoms with van der Waals surface area (Å²) in [4.78, 5) is 3.90. The number of fused-ring (bicyclic) bond motifs is 1. The van der Waals surface area contributed by atoms with Crippen LogP contribution >= 0.6 is 15.9 Å². The molecule has 2 aromatic carbocycles. The Labute approximate surface area is 112 Å². The summed E-state index contributed by atoms with van der Waals surface area (Å²) < 4.78 is 11.3. The van der Waals surface area contributed by atoms with E-state index >= 15 is 0 Å². The Morgan fingerprint density at radius 2 is 1.94 bits per heavy atom. The predicted molar refractivity (Wildman–Crippen MR) is 70.3 cm³/mol. The SMILES string of the molecule is Brc1ccc2cc(OCc3ncon3)ccc2c1. The Morgan fingerprint density at radius 1 is 1.11 bits per heavy atom. The normalized spacial score (nSPS) is 10.7. The highest BCUT2D eigenvalue weighted by atomic mass is 79.9. The van der Waals surface area contributed by atoms with Crippen molar-refractivity contribution in [2.75, 3.05) is 0 Å². The van der Waals surface area contributed by atoms with Crippen molar-refractivity contribution in [2.24, 2.45) is 0 Å². The fourth-order valence-corrected chi connectivity index (χ4v) is 2.07. The van der Waals surface area contributed by atoms with Gasteiger partial charge in [0.2, 0.25) is 12.2 Å². The number of nitrogens with zero attached hydrogens (tertiary/aromatic N) is 2. The Morgan fingerprint density at radius 3 is 2.78 bits per heavy atom. The second-order valence-electron chi connectivity index (χ2n) is 3.79. The lowest BCUT2D eigenvalue weighted by Crippen LogP contribution is -1.97. The molecule has 0 radical (unpaired) electrons. The van der Waals surface area contributed by atoms with Crippen LogP contribution in [-0.4, -0.2) is 10.1 Å². The number of aromatic nitrogens is 2. The van der Waals surface area contributed by atoms with Gasteiger partial charge in [-0.05, 0) is 35.0 Å². The van der Waals surface area contributed by atoms with E-state index in [1.807, 2.05) is 30.3 Å². The molecule has 0 amide bonds. The summed E-state index contributed by atoms with van der Waals surface area (Å²) in [5, 5.41) is 5.98. The number of ether oxygens (including phenoxy) is 1. The molecule has 3 aromatic rings. The molecule has 0 bridgehead atoms. The molecule has 0 spiro atoms. The van der Waals surface area contributed by atoms with Crippen LogP contribution in [0.2, 0.25) is 0 Å². The molecule has 1 heterocycles. The molecule has 0 unspecified atom stereocenters. The van der Waals surface area contributed by atoms with Crippen LogP contribution in [0, 0.1) is 0 Å². The monoisotopic (exact) mass is 304 g/mol. The van der Waals surface area contributed by atoms with Gasteiger partial charge in [0.05, 0.1) is 0 Å². The average Bonchev–Trinajstić information content (AvgIpc) is 2.89. The molecule has 0 N–H and O–H groups in total. The summed E-state index contributed by atoms with van der Waals surface area (Å²) in [6.45, 7) is 0.304. The van der Waals surface area contributed by atoms with Crippen molar-refractivity contribution in [2.45, 2.75) is 6.61 Å². The van der Waals surface area contributed by atoms with E-state index in [0.717, 1.165) is 21.0 Å². The number of rotatable bonds is 3. The van der Waals surface area contributed by atoms with E-state index in [1.165, 1.54) is 6.39 Å². The number of halogens is 1. The molecule has 5 heteroatoms. The highest BCUT2D eigenvalue weighted by Crippen LogP contribution is 2.24. The number of hydrogen-bond acceptors (Lipinski definition) is 4. The smallest absolute Gasteiger partial charge is 0.213 e. The molecular weight excluding hydrogens is 296 g/mol. The Kier molecular flexibility index (Phi) is 2.98. The number of hydrogen-bond donors (Lipinski definition) is 0. The molecule has 0 fully saturated rings. The lowest BCUT2D eigenvalue weighted by atomic mass is 10.1. The van der Waals surface area contributed by atoms with Crippen LogP contribution in [0.1, 0.15) is 5.82 Å². The molecule has 0 aliphatic rings. The summed E-state index contributed by atoms with van der Waals surface area (Å²) >= 11 is 3.45. The molecular formula is C13H9BrN2O2.